The average Bonchev–Trinajstić information content (AvgIpc) is 2.84. The highest BCUT2D eigenvalue weighted by Crippen LogP contribution is 2.26. The predicted molar refractivity (Wildman–Crippen MR) is 140 cm³/mol. The van der Waals surface area contributed by atoms with E-state index in [4.69, 9.17) is 4.74 Å². The van der Waals surface area contributed by atoms with Crippen molar-refractivity contribution < 1.29 is 17.9 Å². The molecule has 1 aromatic heterocycles. The van der Waals surface area contributed by atoms with Crippen LogP contribution in [0.1, 0.15) is 18.2 Å². The number of hydrogen-bond donors (Lipinski definition) is 2. The van der Waals surface area contributed by atoms with Gasteiger partial charge >= 0.3 is 0 Å². The van der Waals surface area contributed by atoms with Gasteiger partial charge in [-0.2, -0.15) is 9.29 Å². The van der Waals surface area contributed by atoms with Gasteiger partial charge in [0.15, 0.2) is 0 Å². The average molecular weight is 511 g/mol. The normalized spacial score (nSPS) is 14.4. The van der Waals surface area contributed by atoms with E-state index in [1.165, 1.54) is 11.2 Å². The Labute approximate surface area is 211 Å². The van der Waals surface area contributed by atoms with Gasteiger partial charge in [-0.05, 0) is 61.9 Å². The molecular weight excluding hydrogens is 480 g/mol. The summed E-state index contributed by atoms with van der Waals surface area (Å²) in [5.41, 5.74) is 2.83. The van der Waals surface area contributed by atoms with Crippen LogP contribution in [0.5, 0.6) is 5.75 Å². The Bertz CT molecular complexity index is 1350. The second kappa shape index (κ2) is 10.5. The van der Waals surface area contributed by atoms with Crippen LogP contribution in [0.2, 0.25) is 0 Å². The smallest absolute Gasteiger partial charge is 0.243 e. The molecule has 4 rings (SSSR count). The molecule has 2 heterocycles. The lowest BCUT2D eigenvalue weighted by molar-refractivity contribution is -0.114. The zero-order valence-corrected chi connectivity index (χ0v) is 21.6. The molecule has 0 unspecified atom stereocenters. The summed E-state index contributed by atoms with van der Waals surface area (Å²) in [7, 11) is -2.05. The first kappa shape index (κ1) is 25.4. The lowest BCUT2D eigenvalue weighted by atomic mass is 10.2. The van der Waals surface area contributed by atoms with Gasteiger partial charge in [-0.15, -0.1) is 0 Å². The summed E-state index contributed by atoms with van der Waals surface area (Å²) in [4.78, 5) is 22.8. The minimum Gasteiger partial charge on any atom is -0.497 e. The van der Waals surface area contributed by atoms with Crippen LogP contribution in [-0.4, -0.2) is 61.9 Å². The van der Waals surface area contributed by atoms with Crippen LogP contribution in [0, 0.1) is 13.8 Å². The quantitative estimate of drug-likeness (QED) is 0.497. The number of benzene rings is 2. The van der Waals surface area contributed by atoms with Crippen molar-refractivity contribution in [2.24, 2.45) is 0 Å². The molecule has 1 fully saturated rings. The highest BCUT2D eigenvalue weighted by Gasteiger charge is 2.30. The fraction of sp³-hybridized carbons (Fsp3) is 0.320. The molecule has 0 aliphatic carbocycles. The van der Waals surface area contributed by atoms with Gasteiger partial charge in [-0.1, -0.05) is 0 Å². The van der Waals surface area contributed by atoms with Gasteiger partial charge in [-0.3, -0.25) is 4.79 Å². The van der Waals surface area contributed by atoms with Crippen LogP contribution in [0.15, 0.2) is 53.4 Å². The van der Waals surface area contributed by atoms with Gasteiger partial charge in [0.1, 0.15) is 11.6 Å². The maximum absolute atomic E-state index is 13.3. The summed E-state index contributed by atoms with van der Waals surface area (Å²) in [5, 5.41) is 5.97. The minimum atomic E-state index is -3.68. The molecule has 2 N–H and O–H groups in total. The summed E-state index contributed by atoms with van der Waals surface area (Å²) < 4.78 is 33.3. The molecule has 1 saturated heterocycles. The van der Waals surface area contributed by atoms with Gasteiger partial charge in [-0.25, -0.2) is 13.4 Å². The van der Waals surface area contributed by atoms with Crippen LogP contribution in [0.25, 0.3) is 0 Å². The molecule has 0 radical (unpaired) electrons. The van der Waals surface area contributed by atoms with E-state index in [1.54, 1.807) is 32.2 Å². The van der Waals surface area contributed by atoms with Crippen LogP contribution < -0.4 is 20.3 Å². The number of aryl methyl sites for hydroxylation is 2. The highest BCUT2D eigenvalue weighted by molar-refractivity contribution is 7.89. The zero-order valence-electron chi connectivity index (χ0n) is 20.8. The van der Waals surface area contributed by atoms with Crippen molar-refractivity contribution in [1.29, 1.82) is 0 Å². The molecule has 0 spiro atoms. The fourth-order valence-electron chi connectivity index (χ4n) is 4.07. The van der Waals surface area contributed by atoms with Gasteiger partial charge in [0, 0.05) is 56.2 Å². The SMILES string of the molecule is COc1ccc(Nc2cc(C)nc(N3CCN(S(=O)(=O)c4ccc(NC(C)=O)cc4C)CC3)n2)cc1. The molecule has 190 valence electrons. The Morgan fingerprint density at radius 3 is 2.22 bits per heavy atom. The van der Waals surface area contributed by atoms with Gasteiger partial charge < -0.3 is 20.3 Å². The van der Waals surface area contributed by atoms with Crippen molar-refractivity contribution in [2.45, 2.75) is 25.7 Å². The number of carbonyl (C=O) groups excluding carboxylic acids is 1. The number of anilines is 4. The molecule has 3 aromatic rings. The molecule has 1 aliphatic rings. The number of hydrogen-bond acceptors (Lipinski definition) is 8. The molecule has 1 aliphatic heterocycles. The van der Waals surface area contributed by atoms with Crippen LogP contribution in [0.3, 0.4) is 0 Å². The monoisotopic (exact) mass is 510 g/mol. The molecular formula is C25H30N6O4S. The first-order chi connectivity index (χ1) is 17.2. The van der Waals surface area contributed by atoms with E-state index in [9.17, 15) is 13.2 Å². The number of ether oxygens (including phenoxy) is 1. The summed E-state index contributed by atoms with van der Waals surface area (Å²) >= 11 is 0. The third-order valence-electron chi connectivity index (χ3n) is 5.84. The lowest BCUT2D eigenvalue weighted by Crippen LogP contribution is -2.49. The van der Waals surface area contributed by atoms with Crippen molar-refractivity contribution in [3.63, 3.8) is 0 Å². The Hall–Kier alpha value is -3.70. The first-order valence-electron chi connectivity index (χ1n) is 11.6. The number of nitrogens with one attached hydrogen (secondary N) is 2. The summed E-state index contributed by atoms with van der Waals surface area (Å²) in [6, 6.07) is 14.2. The summed E-state index contributed by atoms with van der Waals surface area (Å²) in [6.07, 6.45) is 0. The Morgan fingerprint density at radius 1 is 0.944 bits per heavy atom. The largest absolute Gasteiger partial charge is 0.497 e. The van der Waals surface area contributed by atoms with Gasteiger partial charge in [0.2, 0.25) is 21.9 Å². The van der Waals surface area contributed by atoms with E-state index < -0.39 is 10.0 Å². The number of piperazine rings is 1. The van der Waals surface area contributed by atoms with Gasteiger partial charge in [0.25, 0.3) is 0 Å². The first-order valence-corrected chi connectivity index (χ1v) is 13.0. The standard InChI is InChI=1S/C25H30N6O4S/c1-17-15-21(27-19(3)32)7-10-23(17)36(33,34)31-13-11-30(12-14-31)25-26-18(2)16-24(29-25)28-20-5-8-22(35-4)9-6-20/h5-10,15-16H,11-14H2,1-4H3,(H,27,32)(H,26,28,29). The van der Waals surface area contributed by atoms with E-state index in [-0.39, 0.29) is 10.8 Å². The Morgan fingerprint density at radius 2 is 1.61 bits per heavy atom. The molecule has 0 bridgehead atoms. The Kier molecular flexibility index (Phi) is 7.41. The van der Waals surface area contributed by atoms with Crippen molar-refractivity contribution in [3.8, 4) is 5.75 Å². The van der Waals surface area contributed by atoms with Crippen molar-refractivity contribution in [3.05, 3.63) is 59.8 Å². The number of sulfonamides is 1. The molecule has 2 aromatic carbocycles. The van der Waals surface area contributed by atoms with E-state index in [0.29, 0.717) is 49.2 Å². The lowest BCUT2D eigenvalue weighted by Gasteiger charge is -2.34. The predicted octanol–water partition coefficient (Wildman–Crippen LogP) is 3.31. The minimum absolute atomic E-state index is 0.207. The van der Waals surface area contributed by atoms with E-state index in [2.05, 4.69) is 20.6 Å². The van der Waals surface area contributed by atoms with E-state index in [0.717, 1.165) is 17.1 Å². The highest BCUT2D eigenvalue weighted by atomic mass is 32.2. The molecule has 36 heavy (non-hydrogen) atoms. The van der Waals surface area contributed by atoms with Crippen LogP contribution >= 0.6 is 0 Å². The maximum Gasteiger partial charge on any atom is 0.243 e. The molecule has 11 heteroatoms. The molecule has 0 saturated carbocycles. The third kappa shape index (κ3) is 5.74. The molecule has 1 amide bonds. The van der Waals surface area contributed by atoms with Crippen molar-refractivity contribution >= 4 is 39.1 Å². The number of nitrogens with zero attached hydrogens (tertiary/aromatic N) is 4. The second-order valence-electron chi connectivity index (χ2n) is 8.60. The molecule has 10 nitrogen and oxygen atoms in total. The zero-order chi connectivity index (χ0) is 25.9. The second-order valence-corrected chi connectivity index (χ2v) is 10.5. The number of methoxy groups -OCH3 is 1. The number of carbonyl (C=O) groups is 1. The van der Waals surface area contributed by atoms with Crippen molar-refractivity contribution in [1.82, 2.24) is 14.3 Å². The van der Waals surface area contributed by atoms with E-state index >= 15 is 0 Å². The number of aromatic nitrogens is 2. The summed E-state index contributed by atoms with van der Waals surface area (Å²) in [5.74, 6) is 1.78. The number of amides is 1. The maximum atomic E-state index is 13.3. The van der Waals surface area contributed by atoms with Crippen molar-refractivity contribution in [2.75, 3.05) is 48.8 Å². The van der Waals surface area contributed by atoms with Gasteiger partial charge in [0.05, 0.1) is 12.0 Å². The third-order valence-corrected chi connectivity index (χ3v) is 7.90. The Balaban J connectivity index is 1.45. The topological polar surface area (TPSA) is 117 Å². The fourth-order valence-corrected chi connectivity index (χ4v) is 5.70. The van der Waals surface area contributed by atoms with Crippen LogP contribution in [0.4, 0.5) is 23.1 Å². The summed E-state index contributed by atoms with van der Waals surface area (Å²) in [6.45, 7) is 6.60. The molecule has 0 atom stereocenters. The van der Waals surface area contributed by atoms with Crippen LogP contribution in [-0.2, 0) is 14.8 Å². The van der Waals surface area contributed by atoms with E-state index in [1.807, 2.05) is 42.2 Å². The number of rotatable bonds is 7.